The second-order valence-electron chi connectivity index (χ2n) is 7.21. The van der Waals surface area contributed by atoms with Gasteiger partial charge in [0.15, 0.2) is 0 Å². The lowest BCUT2D eigenvalue weighted by atomic mass is 9.96. The molecule has 0 saturated carbocycles. The van der Waals surface area contributed by atoms with Crippen molar-refractivity contribution in [2.75, 3.05) is 11.9 Å². The highest BCUT2D eigenvalue weighted by Crippen LogP contribution is 2.30. The zero-order valence-corrected chi connectivity index (χ0v) is 17.3. The number of halogens is 3. The van der Waals surface area contributed by atoms with Crippen LogP contribution in [0.15, 0.2) is 41.3 Å². The van der Waals surface area contributed by atoms with Crippen LogP contribution in [-0.2, 0) is 15.8 Å². The number of anilines is 1. The Kier molecular flexibility index (Phi) is 7.84. The lowest BCUT2D eigenvalue weighted by Gasteiger charge is -2.23. The number of amides is 2. The van der Waals surface area contributed by atoms with Crippen LogP contribution >= 0.6 is 0 Å². The molecule has 1 unspecified atom stereocenters. The molecule has 2 rings (SSSR count). The van der Waals surface area contributed by atoms with Crippen LogP contribution in [0.2, 0.25) is 0 Å². The highest BCUT2D eigenvalue weighted by atomic mass is 19.4. The van der Waals surface area contributed by atoms with E-state index in [1.54, 1.807) is 24.3 Å². The number of pyridine rings is 1. The molecule has 3 N–H and O–H groups in total. The number of hydrogen-bond acceptors (Lipinski definition) is 4. The molecule has 1 aromatic carbocycles. The summed E-state index contributed by atoms with van der Waals surface area (Å²) in [5.74, 6) is -1.65. The number of benzene rings is 1. The van der Waals surface area contributed by atoms with E-state index in [4.69, 9.17) is 4.74 Å². The van der Waals surface area contributed by atoms with E-state index >= 15 is 0 Å². The van der Waals surface area contributed by atoms with Crippen LogP contribution < -0.4 is 20.9 Å². The summed E-state index contributed by atoms with van der Waals surface area (Å²) in [7, 11) is 0. The van der Waals surface area contributed by atoms with Crippen molar-refractivity contribution in [1.29, 1.82) is 0 Å². The maximum atomic E-state index is 12.9. The molecule has 1 atom stereocenters. The van der Waals surface area contributed by atoms with Gasteiger partial charge in [0.2, 0.25) is 0 Å². The summed E-state index contributed by atoms with van der Waals surface area (Å²) in [6.07, 6.45) is -3.76. The minimum atomic E-state index is -4.72. The molecule has 0 aliphatic heterocycles. The molecule has 0 saturated heterocycles. The molecule has 1 aromatic heterocycles. The van der Waals surface area contributed by atoms with Gasteiger partial charge in [0, 0.05) is 11.8 Å². The summed E-state index contributed by atoms with van der Waals surface area (Å²) in [6.45, 7) is 6.08. The zero-order valence-electron chi connectivity index (χ0n) is 17.3. The van der Waals surface area contributed by atoms with E-state index in [0.29, 0.717) is 36.6 Å². The van der Waals surface area contributed by atoms with E-state index < -0.39 is 40.8 Å². The summed E-state index contributed by atoms with van der Waals surface area (Å²) in [5, 5.41) is 4.53. The van der Waals surface area contributed by atoms with Gasteiger partial charge in [-0.05, 0) is 31.4 Å². The van der Waals surface area contributed by atoms with Gasteiger partial charge in [-0.1, -0.05) is 32.0 Å². The van der Waals surface area contributed by atoms with Gasteiger partial charge in [-0.25, -0.2) is 0 Å². The van der Waals surface area contributed by atoms with Crippen molar-refractivity contribution in [1.82, 2.24) is 10.3 Å². The Morgan fingerprint density at radius 2 is 1.84 bits per heavy atom. The average molecular weight is 439 g/mol. The Hall–Kier alpha value is -3.30. The summed E-state index contributed by atoms with van der Waals surface area (Å²) in [5.41, 5.74) is -2.14. The second kappa shape index (κ2) is 10.1. The molecule has 0 aliphatic rings. The van der Waals surface area contributed by atoms with Crippen LogP contribution in [0.25, 0.3) is 0 Å². The molecule has 0 aliphatic carbocycles. The first kappa shape index (κ1) is 24.0. The molecule has 7 nitrogen and oxygen atoms in total. The van der Waals surface area contributed by atoms with Crippen molar-refractivity contribution in [3.8, 4) is 5.75 Å². The van der Waals surface area contributed by atoms with E-state index in [9.17, 15) is 27.6 Å². The van der Waals surface area contributed by atoms with Crippen LogP contribution in [0.4, 0.5) is 18.9 Å². The van der Waals surface area contributed by atoms with Gasteiger partial charge < -0.3 is 20.4 Å². The first-order valence-corrected chi connectivity index (χ1v) is 9.66. The van der Waals surface area contributed by atoms with E-state index in [0.717, 1.165) is 0 Å². The normalized spacial score (nSPS) is 12.4. The van der Waals surface area contributed by atoms with Crippen LogP contribution in [-0.4, -0.2) is 23.4 Å². The van der Waals surface area contributed by atoms with Crippen molar-refractivity contribution in [2.45, 2.75) is 39.4 Å². The summed E-state index contributed by atoms with van der Waals surface area (Å²) < 4.78 is 44.1. The molecular formula is C21H24F3N3O4. The second-order valence-corrected chi connectivity index (χ2v) is 7.21. The van der Waals surface area contributed by atoms with Crippen LogP contribution in [0.5, 0.6) is 5.75 Å². The van der Waals surface area contributed by atoms with Gasteiger partial charge in [0.25, 0.3) is 5.56 Å². The molecule has 0 spiro atoms. The van der Waals surface area contributed by atoms with Gasteiger partial charge in [-0.15, -0.1) is 0 Å². The molecule has 1 heterocycles. The van der Waals surface area contributed by atoms with Crippen molar-refractivity contribution in [2.24, 2.45) is 5.92 Å². The Morgan fingerprint density at radius 3 is 2.45 bits per heavy atom. The van der Waals surface area contributed by atoms with Gasteiger partial charge >= 0.3 is 18.0 Å². The molecule has 2 amide bonds. The van der Waals surface area contributed by atoms with Gasteiger partial charge in [-0.3, -0.25) is 14.4 Å². The van der Waals surface area contributed by atoms with Gasteiger partial charge in [0.05, 0.1) is 18.2 Å². The van der Waals surface area contributed by atoms with E-state index in [1.165, 1.54) is 0 Å². The first-order valence-electron chi connectivity index (χ1n) is 9.66. The van der Waals surface area contributed by atoms with E-state index in [2.05, 4.69) is 5.32 Å². The largest absolute Gasteiger partial charge is 0.494 e. The lowest BCUT2D eigenvalue weighted by molar-refractivity contribution is -0.137. The number of para-hydroxylation sites is 1. The third-order valence-electron chi connectivity index (χ3n) is 4.29. The number of nitrogens with one attached hydrogen (secondary N) is 3. The van der Waals surface area contributed by atoms with Crippen molar-refractivity contribution >= 4 is 17.5 Å². The van der Waals surface area contributed by atoms with Crippen LogP contribution in [0.1, 0.15) is 44.4 Å². The number of hydrogen-bond donors (Lipinski definition) is 3. The summed E-state index contributed by atoms with van der Waals surface area (Å²) in [4.78, 5) is 38.4. The van der Waals surface area contributed by atoms with Gasteiger partial charge in [0.1, 0.15) is 11.4 Å². The third kappa shape index (κ3) is 6.59. The Balaban J connectivity index is 2.23. The van der Waals surface area contributed by atoms with Crippen LogP contribution in [0, 0.1) is 5.92 Å². The monoisotopic (exact) mass is 439 g/mol. The third-order valence-corrected chi connectivity index (χ3v) is 4.29. The predicted molar refractivity (Wildman–Crippen MR) is 109 cm³/mol. The average Bonchev–Trinajstić information content (AvgIpc) is 2.68. The minimum absolute atomic E-state index is 0.148. The number of carbonyl (C=O) groups is 2. The van der Waals surface area contributed by atoms with Crippen molar-refractivity contribution in [3.63, 3.8) is 0 Å². The quantitative estimate of drug-likeness (QED) is 0.574. The molecule has 31 heavy (non-hydrogen) atoms. The Bertz CT molecular complexity index is 986. The fourth-order valence-electron chi connectivity index (χ4n) is 2.93. The maximum Gasteiger partial charge on any atom is 0.417 e. The Labute approximate surface area is 177 Å². The lowest BCUT2D eigenvalue weighted by Crippen LogP contribution is -2.39. The molecular weight excluding hydrogens is 415 g/mol. The number of alkyl halides is 3. The number of aromatic amines is 1. The SMILES string of the molecule is CCOc1ccccc1C(CC(C)C)NC(=O)C(=O)Nc1cc(C(F)(F)F)c[nH]c1=O. The van der Waals surface area contributed by atoms with Crippen molar-refractivity contribution < 1.29 is 27.5 Å². The fraction of sp³-hybridized carbons (Fsp3) is 0.381. The summed E-state index contributed by atoms with van der Waals surface area (Å²) in [6, 6.07) is 6.92. The van der Waals surface area contributed by atoms with E-state index in [-0.39, 0.29) is 5.92 Å². The number of ether oxygens (including phenoxy) is 1. The standard InChI is InChI=1S/C21H24F3N3O4/c1-4-31-17-8-6-5-7-14(17)15(9-12(2)3)26-19(29)20(30)27-16-10-13(21(22,23)24)11-25-18(16)28/h5-8,10-12,15H,4,9H2,1-3H3,(H,25,28)(H,26,29)(H,27,30). The van der Waals surface area contributed by atoms with Gasteiger partial charge in [-0.2, -0.15) is 13.2 Å². The van der Waals surface area contributed by atoms with E-state index in [1.807, 2.05) is 31.1 Å². The number of H-pyrrole nitrogens is 1. The highest BCUT2D eigenvalue weighted by Gasteiger charge is 2.32. The molecule has 0 fully saturated rings. The topological polar surface area (TPSA) is 100 Å². The molecule has 2 aromatic rings. The molecule has 168 valence electrons. The fourth-order valence-corrected chi connectivity index (χ4v) is 2.93. The molecule has 0 bridgehead atoms. The van der Waals surface area contributed by atoms with Crippen LogP contribution in [0.3, 0.4) is 0 Å². The number of carbonyl (C=O) groups excluding carboxylic acids is 2. The summed E-state index contributed by atoms with van der Waals surface area (Å²) >= 11 is 0. The zero-order chi connectivity index (χ0) is 23.2. The smallest absolute Gasteiger partial charge is 0.417 e. The maximum absolute atomic E-state index is 12.9. The predicted octanol–water partition coefficient (Wildman–Crippen LogP) is 3.63. The number of rotatable bonds is 7. The molecule has 10 heteroatoms. The first-order chi connectivity index (χ1) is 14.5. The van der Waals surface area contributed by atoms with Crippen molar-refractivity contribution in [3.05, 3.63) is 58.0 Å². The minimum Gasteiger partial charge on any atom is -0.494 e. The Morgan fingerprint density at radius 1 is 1.16 bits per heavy atom. The molecule has 0 radical (unpaired) electrons. The highest BCUT2D eigenvalue weighted by molar-refractivity contribution is 6.39. The number of aromatic nitrogens is 1.